The zero-order chi connectivity index (χ0) is 22.7. The number of carboxylic acids is 1. The zero-order valence-electron chi connectivity index (χ0n) is 15.1. The van der Waals surface area contributed by atoms with Crippen LogP contribution in [0.25, 0.3) is 10.9 Å². The van der Waals surface area contributed by atoms with Crippen LogP contribution in [-0.2, 0) is 14.6 Å². The van der Waals surface area contributed by atoms with Crippen LogP contribution in [0.5, 0.6) is 5.75 Å². The Bertz CT molecular complexity index is 1200. The van der Waals surface area contributed by atoms with Gasteiger partial charge in [-0.05, 0) is 42.5 Å². The minimum atomic E-state index is -5.08. The fraction of sp³-hybridized carbons (Fsp3) is 0.111. The molecule has 0 atom stereocenters. The quantitative estimate of drug-likeness (QED) is 0.495. The number of hydrogen-bond donors (Lipinski definition) is 3. The number of hydrogen-bond acceptors (Lipinski definition) is 6. The van der Waals surface area contributed by atoms with Crippen LogP contribution in [0.2, 0.25) is 5.02 Å². The van der Waals surface area contributed by atoms with E-state index >= 15 is 0 Å². The number of alkyl halides is 3. The van der Waals surface area contributed by atoms with Crippen molar-refractivity contribution < 1.29 is 36.6 Å². The lowest BCUT2D eigenvalue weighted by Gasteiger charge is -2.11. The average molecular weight is 463 g/mol. The number of pyridine rings is 1. The van der Waals surface area contributed by atoms with Crippen molar-refractivity contribution in [2.45, 2.75) is 11.1 Å². The Morgan fingerprint density at radius 2 is 1.77 bits per heavy atom. The van der Waals surface area contributed by atoms with E-state index in [0.717, 1.165) is 6.26 Å². The van der Waals surface area contributed by atoms with Crippen LogP contribution in [0.4, 0.5) is 24.5 Å². The zero-order valence-corrected chi connectivity index (χ0v) is 16.7. The maximum absolute atomic E-state index is 11.7. The average Bonchev–Trinajstić information content (AvgIpc) is 2.63. The van der Waals surface area contributed by atoms with Crippen LogP contribution in [0.3, 0.4) is 0 Å². The van der Waals surface area contributed by atoms with E-state index in [1.54, 1.807) is 36.5 Å². The molecule has 30 heavy (non-hydrogen) atoms. The van der Waals surface area contributed by atoms with Gasteiger partial charge < -0.3 is 15.5 Å². The number of aliphatic carboxylic acids is 1. The van der Waals surface area contributed by atoms with Gasteiger partial charge in [0.15, 0.2) is 9.84 Å². The predicted octanol–water partition coefficient (Wildman–Crippen LogP) is 4.37. The van der Waals surface area contributed by atoms with Crippen LogP contribution in [0.15, 0.2) is 53.6 Å². The Balaban J connectivity index is 0.000000396. The molecule has 3 aromatic rings. The smallest absolute Gasteiger partial charge is 0.490 e. The molecule has 0 fully saturated rings. The van der Waals surface area contributed by atoms with E-state index in [0.29, 0.717) is 22.3 Å². The molecule has 0 saturated heterocycles. The minimum Gasteiger partial charge on any atom is -0.506 e. The van der Waals surface area contributed by atoms with E-state index in [-0.39, 0.29) is 15.7 Å². The molecular formula is C18H14ClF3N2O5S. The van der Waals surface area contributed by atoms with E-state index in [9.17, 15) is 26.7 Å². The van der Waals surface area contributed by atoms with Crippen molar-refractivity contribution in [1.29, 1.82) is 0 Å². The van der Waals surface area contributed by atoms with Gasteiger partial charge in [0, 0.05) is 29.2 Å². The fourth-order valence-electron chi connectivity index (χ4n) is 2.21. The Morgan fingerprint density at radius 3 is 2.30 bits per heavy atom. The molecule has 7 nitrogen and oxygen atoms in total. The molecule has 2 aromatic carbocycles. The van der Waals surface area contributed by atoms with Gasteiger partial charge in [0.25, 0.3) is 0 Å². The number of benzene rings is 2. The van der Waals surface area contributed by atoms with Crippen molar-refractivity contribution in [2.24, 2.45) is 0 Å². The highest BCUT2D eigenvalue weighted by Gasteiger charge is 2.38. The molecule has 1 heterocycles. The highest BCUT2D eigenvalue weighted by atomic mass is 35.5. The molecular weight excluding hydrogens is 449 g/mol. The molecule has 0 radical (unpaired) electrons. The molecule has 0 unspecified atom stereocenters. The first-order valence-corrected chi connectivity index (χ1v) is 10.2. The number of carboxylic acid groups (broad SMARTS) is 1. The first-order chi connectivity index (χ1) is 13.8. The van der Waals surface area contributed by atoms with Crippen molar-refractivity contribution in [3.05, 3.63) is 53.7 Å². The van der Waals surface area contributed by atoms with Crippen LogP contribution in [0, 0.1) is 0 Å². The topological polar surface area (TPSA) is 117 Å². The molecule has 0 aliphatic heterocycles. The molecule has 0 aliphatic carbocycles. The number of carbonyl (C=O) groups is 1. The number of sulfone groups is 1. The second kappa shape index (κ2) is 8.76. The van der Waals surface area contributed by atoms with Crippen molar-refractivity contribution >= 4 is 49.7 Å². The highest BCUT2D eigenvalue weighted by Crippen LogP contribution is 2.31. The van der Waals surface area contributed by atoms with E-state index in [1.807, 2.05) is 0 Å². The lowest BCUT2D eigenvalue weighted by Crippen LogP contribution is -2.21. The summed E-state index contributed by atoms with van der Waals surface area (Å²) in [6, 6.07) is 11.3. The third-order valence-corrected chi connectivity index (χ3v) is 5.02. The number of aromatic hydroxyl groups is 1. The molecule has 0 saturated carbocycles. The van der Waals surface area contributed by atoms with Crippen molar-refractivity contribution in [3.63, 3.8) is 0 Å². The van der Waals surface area contributed by atoms with Gasteiger partial charge in [0.2, 0.25) is 0 Å². The summed E-state index contributed by atoms with van der Waals surface area (Å²) in [5.41, 5.74) is 2.04. The first kappa shape index (κ1) is 23.2. The standard InChI is InChI=1S/C16H13ClN2O3S.C2HF3O2/c1-23(21,22)11-3-4-14-12(9-11)15(6-7-18-14)19-10-2-5-16(20)13(17)8-10;3-2(4,5)1(6)7/h2-9,20H,1H3,(H,18,19);(H,6,7). The minimum absolute atomic E-state index is 0.00355. The molecule has 0 spiro atoms. The van der Waals surface area contributed by atoms with E-state index < -0.39 is 22.0 Å². The number of phenols is 1. The molecule has 3 rings (SSSR count). The number of nitrogens with zero attached hydrogens (tertiary/aromatic N) is 1. The fourth-order valence-corrected chi connectivity index (χ4v) is 3.03. The lowest BCUT2D eigenvalue weighted by atomic mass is 10.2. The number of anilines is 2. The summed E-state index contributed by atoms with van der Waals surface area (Å²) >= 11 is 5.90. The van der Waals surface area contributed by atoms with E-state index in [2.05, 4.69) is 10.3 Å². The maximum atomic E-state index is 11.7. The summed E-state index contributed by atoms with van der Waals surface area (Å²) in [6.45, 7) is 0. The SMILES string of the molecule is CS(=O)(=O)c1ccc2nccc(Nc3ccc(O)c(Cl)c3)c2c1.O=C(O)C(F)(F)F. The second-order valence-corrected chi connectivity index (χ2v) is 8.33. The summed E-state index contributed by atoms with van der Waals surface area (Å²) in [6.07, 6.45) is -2.29. The highest BCUT2D eigenvalue weighted by molar-refractivity contribution is 7.90. The normalized spacial score (nSPS) is 11.5. The largest absolute Gasteiger partial charge is 0.506 e. The predicted molar refractivity (Wildman–Crippen MR) is 105 cm³/mol. The van der Waals surface area contributed by atoms with Crippen LogP contribution < -0.4 is 5.32 Å². The van der Waals surface area contributed by atoms with Crippen molar-refractivity contribution in [2.75, 3.05) is 11.6 Å². The van der Waals surface area contributed by atoms with Crippen molar-refractivity contribution in [1.82, 2.24) is 4.98 Å². The molecule has 160 valence electrons. The van der Waals surface area contributed by atoms with Crippen molar-refractivity contribution in [3.8, 4) is 5.75 Å². The van der Waals surface area contributed by atoms with E-state index in [1.165, 1.54) is 12.1 Å². The number of phenolic OH excluding ortho intramolecular Hbond substituents is 1. The van der Waals surface area contributed by atoms with Crippen LogP contribution >= 0.6 is 11.6 Å². The Hall–Kier alpha value is -3.05. The second-order valence-electron chi connectivity index (χ2n) is 5.90. The van der Waals surface area contributed by atoms with Gasteiger partial charge in [-0.2, -0.15) is 13.2 Å². The summed E-state index contributed by atoms with van der Waals surface area (Å²) in [5, 5.41) is 20.7. The number of aromatic nitrogens is 1. The van der Waals surface area contributed by atoms with E-state index in [4.69, 9.17) is 21.5 Å². The van der Waals surface area contributed by atoms with Crippen LogP contribution in [-0.4, -0.2) is 42.0 Å². The Morgan fingerprint density at radius 1 is 1.13 bits per heavy atom. The lowest BCUT2D eigenvalue weighted by molar-refractivity contribution is -0.192. The molecule has 1 aromatic heterocycles. The Labute approximate surface area is 173 Å². The third kappa shape index (κ3) is 5.97. The molecule has 0 aliphatic rings. The van der Waals surface area contributed by atoms with Gasteiger partial charge in [-0.25, -0.2) is 13.2 Å². The first-order valence-electron chi connectivity index (χ1n) is 7.93. The summed E-state index contributed by atoms with van der Waals surface area (Å²) in [5.74, 6) is -2.76. The third-order valence-electron chi connectivity index (χ3n) is 3.61. The number of nitrogens with one attached hydrogen (secondary N) is 1. The van der Waals surface area contributed by atoms with Gasteiger partial charge in [0.05, 0.1) is 15.4 Å². The van der Waals surface area contributed by atoms with Gasteiger partial charge in [-0.1, -0.05) is 11.6 Å². The van der Waals surface area contributed by atoms with Gasteiger partial charge in [-0.3, -0.25) is 4.98 Å². The van der Waals surface area contributed by atoms with Gasteiger partial charge >= 0.3 is 12.1 Å². The summed E-state index contributed by atoms with van der Waals surface area (Å²) < 4.78 is 55.2. The Kier molecular flexibility index (Phi) is 6.78. The monoisotopic (exact) mass is 462 g/mol. The molecule has 3 N–H and O–H groups in total. The molecule has 0 amide bonds. The maximum Gasteiger partial charge on any atom is 0.490 e. The van der Waals surface area contributed by atoms with Gasteiger partial charge in [0.1, 0.15) is 5.75 Å². The summed E-state index contributed by atoms with van der Waals surface area (Å²) in [4.78, 5) is 13.4. The van der Waals surface area contributed by atoms with Crippen LogP contribution in [0.1, 0.15) is 0 Å². The summed E-state index contributed by atoms with van der Waals surface area (Å²) in [7, 11) is -3.31. The number of rotatable bonds is 3. The molecule has 0 bridgehead atoms. The number of fused-ring (bicyclic) bond motifs is 1. The van der Waals surface area contributed by atoms with Gasteiger partial charge in [-0.15, -0.1) is 0 Å². The molecule has 12 heteroatoms. The number of halogens is 4.